The van der Waals surface area contributed by atoms with Crippen molar-refractivity contribution in [3.8, 4) is 10.6 Å². The van der Waals surface area contributed by atoms with E-state index in [0.29, 0.717) is 5.56 Å². The molecule has 1 saturated heterocycles. The summed E-state index contributed by atoms with van der Waals surface area (Å²) < 4.78 is 0. The standard InChI is InChI=1S/C20H19ClN4OS/c21-17-3-1-15(2-4-17)19-23-18(14-27-19)13-24-9-11-25(12-10-24)20(26)16-5-7-22-8-6-16/h1-8,14H,9-13H2. The maximum atomic E-state index is 12.5. The Balaban J connectivity index is 1.33. The van der Waals surface area contributed by atoms with Gasteiger partial charge in [-0.3, -0.25) is 14.7 Å². The van der Waals surface area contributed by atoms with E-state index >= 15 is 0 Å². The summed E-state index contributed by atoms with van der Waals surface area (Å²) in [6.45, 7) is 3.97. The molecular formula is C20H19ClN4OS. The van der Waals surface area contributed by atoms with E-state index in [9.17, 15) is 4.79 Å². The Morgan fingerprint density at radius 2 is 1.74 bits per heavy atom. The molecule has 0 aliphatic carbocycles. The molecule has 0 bridgehead atoms. The van der Waals surface area contributed by atoms with Crippen molar-refractivity contribution in [2.75, 3.05) is 26.2 Å². The lowest BCUT2D eigenvalue weighted by atomic mass is 10.2. The number of aromatic nitrogens is 2. The number of rotatable bonds is 4. The lowest BCUT2D eigenvalue weighted by Crippen LogP contribution is -2.48. The Morgan fingerprint density at radius 3 is 2.44 bits per heavy atom. The Hall–Kier alpha value is -2.28. The average Bonchev–Trinajstić information content (AvgIpc) is 3.18. The first-order chi connectivity index (χ1) is 13.2. The Labute approximate surface area is 167 Å². The number of nitrogens with zero attached hydrogens (tertiary/aromatic N) is 4. The second-order valence-electron chi connectivity index (χ2n) is 6.46. The number of amides is 1. The van der Waals surface area contributed by atoms with Crippen molar-refractivity contribution >= 4 is 28.8 Å². The molecule has 1 amide bonds. The van der Waals surface area contributed by atoms with Gasteiger partial charge in [0.1, 0.15) is 5.01 Å². The molecule has 27 heavy (non-hydrogen) atoms. The third-order valence-electron chi connectivity index (χ3n) is 4.62. The highest BCUT2D eigenvalue weighted by molar-refractivity contribution is 7.13. The Bertz CT molecular complexity index is 905. The highest BCUT2D eigenvalue weighted by atomic mass is 35.5. The normalized spacial score (nSPS) is 15.1. The third kappa shape index (κ3) is 4.35. The first kappa shape index (κ1) is 18.1. The second-order valence-corrected chi connectivity index (χ2v) is 7.75. The second kappa shape index (κ2) is 8.17. The van der Waals surface area contributed by atoms with Crippen molar-refractivity contribution < 1.29 is 4.79 Å². The first-order valence-corrected chi connectivity index (χ1v) is 10.1. The molecule has 7 heteroatoms. The number of piperazine rings is 1. The number of carbonyl (C=O) groups excluding carboxylic acids is 1. The van der Waals surface area contributed by atoms with Crippen LogP contribution < -0.4 is 0 Å². The maximum absolute atomic E-state index is 12.5. The lowest BCUT2D eigenvalue weighted by molar-refractivity contribution is 0.0627. The van der Waals surface area contributed by atoms with Crippen molar-refractivity contribution in [2.45, 2.75) is 6.54 Å². The zero-order chi connectivity index (χ0) is 18.6. The highest BCUT2D eigenvalue weighted by Crippen LogP contribution is 2.25. The van der Waals surface area contributed by atoms with Gasteiger partial charge in [-0.1, -0.05) is 23.7 Å². The van der Waals surface area contributed by atoms with E-state index in [0.717, 1.165) is 54.0 Å². The summed E-state index contributed by atoms with van der Waals surface area (Å²) in [7, 11) is 0. The molecule has 0 radical (unpaired) electrons. The molecular weight excluding hydrogens is 380 g/mol. The molecule has 1 fully saturated rings. The fourth-order valence-corrected chi connectivity index (χ4v) is 4.06. The Kier molecular flexibility index (Phi) is 5.48. The number of pyridine rings is 1. The number of benzene rings is 1. The fraction of sp³-hybridized carbons (Fsp3) is 0.250. The minimum Gasteiger partial charge on any atom is -0.336 e. The maximum Gasteiger partial charge on any atom is 0.254 e. The zero-order valence-electron chi connectivity index (χ0n) is 14.7. The van der Waals surface area contributed by atoms with Crippen molar-refractivity contribution in [2.24, 2.45) is 0 Å². The van der Waals surface area contributed by atoms with E-state index in [-0.39, 0.29) is 5.91 Å². The summed E-state index contributed by atoms with van der Waals surface area (Å²) in [5.74, 6) is 0.0794. The molecule has 5 nitrogen and oxygen atoms in total. The van der Waals surface area contributed by atoms with Crippen LogP contribution in [0.15, 0.2) is 54.2 Å². The van der Waals surface area contributed by atoms with Crippen molar-refractivity contribution in [3.05, 3.63) is 70.5 Å². The summed E-state index contributed by atoms with van der Waals surface area (Å²) in [5, 5.41) is 3.85. The number of hydrogen-bond donors (Lipinski definition) is 0. The molecule has 2 aromatic heterocycles. The van der Waals surface area contributed by atoms with Gasteiger partial charge in [0.15, 0.2) is 0 Å². The van der Waals surface area contributed by atoms with Crippen molar-refractivity contribution in [3.63, 3.8) is 0 Å². The van der Waals surface area contributed by atoms with E-state index < -0.39 is 0 Å². The molecule has 138 valence electrons. The minimum atomic E-state index is 0.0794. The largest absolute Gasteiger partial charge is 0.336 e. The van der Waals surface area contributed by atoms with Gasteiger partial charge in [-0.05, 0) is 24.3 Å². The van der Waals surface area contributed by atoms with Gasteiger partial charge >= 0.3 is 0 Å². The molecule has 1 aromatic carbocycles. The van der Waals surface area contributed by atoms with Crippen LogP contribution in [0.5, 0.6) is 0 Å². The third-order valence-corrected chi connectivity index (χ3v) is 5.81. The van der Waals surface area contributed by atoms with Crippen LogP contribution in [0.1, 0.15) is 16.1 Å². The Morgan fingerprint density at radius 1 is 1.04 bits per heavy atom. The number of halogens is 1. The van der Waals surface area contributed by atoms with E-state index in [1.165, 1.54) is 0 Å². The summed E-state index contributed by atoms with van der Waals surface area (Å²) in [6, 6.07) is 11.3. The molecule has 1 aliphatic rings. The first-order valence-electron chi connectivity index (χ1n) is 8.81. The molecule has 4 rings (SSSR count). The minimum absolute atomic E-state index is 0.0794. The van der Waals surface area contributed by atoms with E-state index in [1.807, 2.05) is 29.2 Å². The molecule has 1 aliphatic heterocycles. The molecule has 3 heterocycles. The van der Waals surface area contributed by atoms with Crippen LogP contribution in [0.25, 0.3) is 10.6 Å². The smallest absolute Gasteiger partial charge is 0.254 e. The highest BCUT2D eigenvalue weighted by Gasteiger charge is 2.22. The number of hydrogen-bond acceptors (Lipinski definition) is 5. The summed E-state index contributed by atoms with van der Waals surface area (Å²) in [4.78, 5) is 25.5. The van der Waals surface area contributed by atoms with Gasteiger partial charge in [0, 0.05) is 66.6 Å². The summed E-state index contributed by atoms with van der Waals surface area (Å²) in [6.07, 6.45) is 3.31. The van der Waals surface area contributed by atoms with Gasteiger partial charge in [0.2, 0.25) is 0 Å². The van der Waals surface area contributed by atoms with E-state index in [2.05, 4.69) is 15.3 Å². The summed E-state index contributed by atoms with van der Waals surface area (Å²) >= 11 is 7.60. The quantitative estimate of drug-likeness (QED) is 0.670. The molecule has 0 spiro atoms. The fourth-order valence-electron chi connectivity index (χ4n) is 3.12. The van der Waals surface area contributed by atoms with Crippen LogP contribution in [-0.2, 0) is 6.54 Å². The van der Waals surface area contributed by atoms with Crippen LogP contribution in [0, 0.1) is 0 Å². The van der Waals surface area contributed by atoms with Crippen LogP contribution in [0.3, 0.4) is 0 Å². The van der Waals surface area contributed by atoms with E-state index in [4.69, 9.17) is 16.6 Å². The average molecular weight is 399 g/mol. The lowest BCUT2D eigenvalue weighted by Gasteiger charge is -2.34. The number of carbonyl (C=O) groups is 1. The van der Waals surface area contributed by atoms with Gasteiger partial charge in [0.05, 0.1) is 5.69 Å². The topological polar surface area (TPSA) is 49.3 Å². The van der Waals surface area contributed by atoms with Crippen LogP contribution in [-0.4, -0.2) is 51.9 Å². The van der Waals surface area contributed by atoms with E-state index in [1.54, 1.807) is 35.9 Å². The summed E-state index contributed by atoms with van der Waals surface area (Å²) in [5.41, 5.74) is 2.85. The van der Waals surface area contributed by atoms with Gasteiger partial charge in [-0.25, -0.2) is 4.98 Å². The van der Waals surface area contributed by atoms with Crippen LogP contribution in [0.4, 0.5) is 0 Å². The predicted octanol–water partition coefficient (Wildman–Crippen LogP) is 3.82. The van der Waals surface area contributed by atoms with Gasteiger partial charge < -0.3 is 4.90 Å². The molecule has 0 saturated carbocycles. The molecule has 0 unspecified atom stereocenters. The van der Waals surface area contributed by atoms with Crippen LogP contribution in [0.2, 0.25) is 5.02 Å². The predicted molar refractivity (Wildman–Crippen MR) is 108 cm³/mol. The van der Waals surface area contributed by atoms with Crippen molar-refractivity contribution in [1.29, 1.82) is 0 Å². The molecule has 0 N–H and O–H groups in total. The monoisotopic (exact) mass is 398 g/mol. The van der Waals surface area contributed by atoms with Gasteiger partial charge in [-0.15, -0.1) is 11.3 Å². The molecule has 0 atom stereocenters. The zero-order valence-corrected chi connectivity index (χ0v) is 16.3. The van der Waals surface area contributed by atoms with Gasteiger partial charge in [-0.2, -0.15) is 0 Å². The number of thiazole rings is 1. The van der Waals surface area contributed by atoms with Crippen LogP contribution >= 0.6 is 22.9 Å². The van der Waals surface area contributed by atoms with Crippen molar-refractivity contribution in [1.82, 2.24) is 19.8 Å². The van der Waals surface area contributed by atoms with Gasteiger partial charge in [0.25, 0.3) is 5.91 Å². The SMILES string of the molecule is O=C(c1ccncc1)N1CCN(Cc2csc(-c3ccc(Cl)cc3)n2)CC1. The molecule has 3 aromatic rings.